The molecule has 0 amide bonds. The minimum atomic E-state index is -4.50. The lowest BCUT2D eigenvalue weighted by Crippen LogP contribution is -2.42. The van der Waals surface area contributed by atoms with Gasteiger partial charge in [0.15, 0.2) is 0 Å². The molecule has 2 aromatic rings. The van der Waals surface area contributed by atoms with E-state index in [1.807, 2.05) is 4.90 Å². The van der Waals surface area contributed by atoms with Crippen LogP contribution in [0.3, 0.4) is 0 Å². The van der Waals surface area contributed by atoms with Gasteiger partial charge in [0.1, 0.15) is 17.7 Å². The molecule has 1 fully saturated rings. The SMILES string of the molecule is C=C1CN(c2ccc(C(F)(F)F)c(C3c4cccnc4NN3C)n2)CCN1. The highest BCUT2D eigenvalue weighted by atomic mass is 19.4. The Balaban J connectivity index is 1.82. The number of halogens is 3. The topological polar surface area (TPSA) is 56.3 Å². The Morgan fingerprint density at radius 1 is 1.26 bits per heavy atom. The van der Waals surface area contributed by atoms with Gasteiger partial charge in [0.25, 0.3) is 0 Å². The van der Waals surface area contributed by atoms with Gasteiger partial charge in [0.2, 0.25) is 0 Å². The number of alkyl halides is 3. The number of hydrogen-bond acceptors (Lipinski definition) is 6. The fourth-order valence-corrected chi connectivity index (χ4v) is 3.52. The number of nitrogens with zero attached hydrogens (tertiary/aromatic N) is 4. The Hall–Kier alpha value is -2.81. The van der Waals surface area contributed by atoms with E-state index < -0.39 is 17.8 Å². The van der Waals surface area contributed by atoms with Crippen LogP contribution >= 0.6 is 0 Å². The molecule has 27 heavy (non-hydrogen) atoms. The number of rotatable bonds is 2. The van der Waals surface area contributed by atoms with Gasteiger partial charge in [-0.3, -0.25) is 0 Å². The van der Waals surface area contributed by atoms with E-state index in [1.54, 1.807) is 30.4 Å². The second kappa shape index (κ2) is 6.41. The fourth-order valence-electron chi connectivity index (χ4n) is 3.52. The van der Waals surface area contributed by atoms with E-state index in [4.69, 9.17) is 0 Å². The van der Waals surface area contributed by atoms with Crippen molar-refractivity contribution in [3.8, 4) is 0 Å². The predicted molar refractivity (Wildman–Crippen MR) is 96.1 cm³/mol. The first-order valence-electron chi connectivity index (χ1n) is 8.54. The van der Waals surface area contributed by atoms with E-state index >= 15 is 0 Å². The largest absolute Gasteiger partial charge is 0.418 e. The van der Waals surface area contributed by atoms with Gasteiger partial charge in [0.05, 0.1) is 17.8 Å². The predicted octanol–water partition coefficient (Wildman–Crippen LogP) is 2.78. The monoisotopic (exact) mass is 376 g/mol. The van der Waals surface area contributed by atoms with Crippen molar-refractivity contribution >= 4 is 11.6 Å². The van der Waals surface area contributed by atoms with E-state index in [0.717, 1.165) is 11.8 Å². The van der Waals surface area contributed by atoms with E-state index in [2.05, 4.69) is 27.3 Å². The van der Waals surface area contributed by atoms with Crippen molar-refractivity contribution in [2.75, 3.05) is 37.0 Å². The molecule has 2 aliphatic rings. The lowest BCUT2D eigenvalue weighted by atomic mass is 10.00. The number of hydrogen-bond donors (Lipinski definition) is 2. The minimum absolute atomic E-state index is 0.0362. The number of aromatic nitrogens is 2. The summed E-state index contributed by atoms with van der Waals surface area (Å²) in [7, 11) is 1.69. The van der Waals surface area contributed by atoms with Crippen LogP contribution in [0.2, 0.25) is 0 Å². The Morgan fingerprint density at radius 2 is 2.07 bits per heavy atom. The summed E-state index contributed by atoms with van der Waals surface area (Å²) in [4.78, 5) is 10.6. The van der Waals surface area contributed by atoms with Crippen LogP contribution in [-0.2, 0) is 6.18 Å². The van der Waals surface area contributed by atoms with Gasteiger partial charge in [-0.2, -0.15) is 13.2 Å². The zero-order chi connectivity index (χ0) is 19.2. The van der Waals surface area contributed by atoms with Crippen LogP contribution in [0, 0.1) is 0 Å². The highest BCUT2D eigenvalue weighted by Crippen LogP contribution is 2.42. The first kappa shape index (κ1) is 17.6. The third-order valence-corrected chi connectivity index (χ3v) is 4.74. The maximum Gasteiger partial charge on any atom is 0.418 e. The van der Waals surface area contributed by atoms with Gasteiger partial charge < -0.3 is 15.6 Å². The lowest BCUT2D eigenvalue weighted by Gasteiger charge is -2.31. The lowest BCUT2D eigenvalue weighted by molar-refractivity contribution is -0.138. The molecular weight excluding hydrogens is 357 g/mol. The molecule has 1 atom stereocenters. The Kier molecular flexibility index (Phi) is 4.18. The number of anilines is 2. The highest BCUT2D eigenvalue weighted by molar-refractivity contribution is 5.55. The quantitative estimate of drug-likeness (QED) is 0.841. The number of pyridine rings is 2. The molecule has 142 valence electrons. The first-order valence-corrected chi connectivity index (χ1v) is 8.54. The molecule has 0 radical (unpaired) electrons. The number of piperazine rings is 1. The van der Waals surface area contributed by atoms with E-state index in [9.17, 15) is 13.2 Å². The van der Waals surface area contributed by atoms with Crippen LogP contribution < -0.4 is 15.6 Å². The fraction of sp³-hybridized carbons (Fsp3) is 0.333. The molecule has 2 N–H and O–H groups in total. The van der Waals surface area contributed by atoms with Crippen LogP contribution in [0.15, 0.2) is 42.7 Å². The maximum atomic E-state index is 13.7. The minimum Gasteiger partial charge on any atom is -0.386 e. The standard InChI is InChI=1S/C18H19F3N6/c1-11-10-27(9-8-22-11)14-6-5-13(18(19,20)21)15(24-14)16-12-4-3-7-23-17(12)25-26(16)2/h3-7,16,22H,1,8-10H2,2H3,(H,23,25). The number of fused-ring (bicyclic) bond motifs is 1. The molecular formula is C18H19F3N6. The summed E-state index contributed by atoms with van der Waals surface area (Å²) >= 11 is 0. The van der Waals surface area contributed by atoms with Crippen LogP contribution in [-0.4, -0.2) is 41.7 Å². The smallest absolute Gasteiger partial charge is 0.386 e. The van der Waals surface area contributed by atoms with Crippen molar-refractivity contribution in [1.29, 1.82) is 0 Å². The Labute approximate surface area is 154 Å². The highest BCUT2D eigenvalue weighted by Gasteiger charge is 2.41. The molecule has 1 unspecified atom stereocenters. The Bertz CT molecular complexity index is 882. The third-order valence-electron chi connectivity index (χ3n) is 4.74. The molecule has 2 aliphatic heterocycles. The molecule has 0 bridgehead atoms. The van der Waals surface area contributed by atoms with Crippen molar-refractivity contribution in [3.05, 3.63) is 59.6 Å². The van der Waals surface area contributed by atoms with Gasteiger partial charge in [-0.05, 0) is 18.2 Å². The van der Waals surface area contributed by atoms with Gasteiger partial charge in [-0.25, -0.2) is 15.0 Å². The number of hydrazine groups is 1. The van der Waals surface area contributed by atoms with Crippen LogP contribution in [0.25, 0.3) is 0 Å². The zero-order valence-electron chi connectivity index (χ0n) is 14.7. The summed E-state index contributed by atoms with van der Waals surface area (Å²) in [5, 5.41) is 4.74. The summed E-state index contributed by atoms with van der Waals surface area (Å²) < 4.78 is 41.1. The van der Waals surface area contributed by atoms with Gasteiger partial charge in [-0.15, -0.1) is 0 Å². The number of nitrogens with one attached hydrogen (secondary N) is 2. The van der Waals surface area contributed by atoms with Crippen LogP contribution in [0.5, 0.6) is 0 Å². The summed E-state index contributed by atoms with van der Waals surface area (Å²) in [5.74, 6) is 1.05. The average molecular weight is 376 g/mol. The van der Waals surface area contributed by atoms with Crippen molar-refractivity contribution in [2.24, 2.45) is 0 Å². The normalized spacial score (nSPS) is 20.2. The van der Waals surface area contributed by atoms with E-state index in [-0.39, 0.29) is 5.69 Å². The van der Waals surface area contributed by atoms with Gasteiger partial charge in [-0.1, -0.05) is 12.6 Å². The van der Waals surface area contributed by atoms with Gasteiger partial charge >= 0.3 is 6.18 Å². The van der Waals surface area contributed by atoms with Crippen LogP contribution in [0.1, 0.15) is 22.9 Å². The van der Waals surface area contributed by atoms with E-state index in [1.165, 1.54) is 6.07 Å². The molecule has 0 aromatic carbocycles. The average Bonchev–Trinajstić information content (AvgIpc) is 2.96. The summed E-state index contributed by atoms with van der Waals surface area (Å²) in [6.07, 6.45) is -2.90. The maximum absolute atomic E-state index is 13.7. The molecule has 1 saturated heterocycles. The second-order valence-electron chi connectivity index (χ2n) is 6.62. The Morgan fingerprint density at radius 3 is 2.81 bits per heavy atom. The molecule has 6 nitrogen and oxygen atoms in total. The second-order valence-corrected chi connectivity index (χ2v) is 6.62. The third kappa shape index (κ3) is 3.18. The molecule has 0 spiro atoms. The molecule has 0 aliphatic carbocycles. The summed E-state index contributed by atoms with van der Waals surface area (Å²) in [5.41, 5.74) is 3.72. The van der Waals surface area contributed by atoms with Crippen molar-refractivity contribution in [3.63, 3.8) is 0 Å². The molecule has 2 aromatic heterocycles. The van der Waals surface area contributed by atoms with E-state index in [0.29, 0.717) is 36.8 Å². The van der Waals surface area contributed by atoms with Gasteiger partial charge in [0, 0.05) is 37.6 Å². The van der Waals surface area contributed by atoms with Crippen molar-refractivity contribution in [1.82, 2.24) is 20.3 Å². The van der Waals surface area contributed by atoms with Crippen molar-refractivity contribution in [2.45, 2.75) is 12.2 Å². The molecule has 9 heteroatoms. The first-order chi connectivity index (χ1) is 12.8. The summed E-state index contributed by atoms with van der Waals surface area (Å²) in [6, 6.07) is 5.34. The van der Waals surface area contributed by atoms with Crippen molar-refractivity contribution < 1.29 is 13.2 Å². The molecule has 4 heterocycles. The molecule has 4 rings (SSSR count). The van der Waals surface area contributed by atoms with Crippen LogP contribution in [0.4, 0.5) is 24.8 Å². The zero-order valence-corrected chi connectivity index (χ0v) is 14.7. The summed E-state index contributed by atoms with van der Waals surface area (Å²) in [6.45, 7) is 5.73. The molecule has 0 saturated carbocycles.